The van der Waals surface area contributed by atoms with Crippen molar-refractivity contribution in [2.45, 2.75) is 108 Å². The van der Waals surface area contributed by atoms with Crippen molar-refractivity contribution in [3.05, 3.63) is 0 Å². The first-order valence-electron chi connectivity index (χ1n) is 9.58. The SMILES string of the molecule is CCCCCCCCCCCCCCCC(CCO)S(=O)(=O)[O-].[Na+]. The van der Waals surface area contributed by atoms with Crippen molar-refractivity contribution < 1.29 is 47.6 Å². The predicted molar refractivity (Wildman–Crippen MR) is 95.5 cm³/mol. The molecule has 24 heavy (non-hydrogen) atoms. The van der Waals surface area contributed by atoms with E-state index in [4.69, 9.17) is 5.11 Å². The Kier molecular flexibility index (Phi) is 21.1. The minimum atomic E-state index is -4.25. The van der Waals surface area contributed by atoms with E-state index in [1.807, 2.05) is 0 Å². The molecule has 1 N–H and O–H groups in total. The number of hydrogen-bond acceptors (Lipinski definition) is 4. The van der Waals surface area contributed by atoms with Gasteiger partial charge in [-0.2, -0.15) is 0 Å². The van der Waals surface area contributed by atoms with Crippen LogP contribution in [0.25, 0.3) is 0 Å². The zero-order valence-electron chi connectivity index (χ0n) is 16.0. The molecule has 0 rings (SSSR count). The summed E-state index contributed by atoms with van der Waals surface area (Å²) in [5.74, 6) is 0. The monoisotopic (exact) mass is 372 g/mol. The molecule has 0 aliphatic rings. The molecule has 1 unspecified atom stereocenters. The molecule has 0 saturated heterocycles. The second kappa shape index (κ2) is 18.7. The van der Waals surface area contributed by atoms with Crippen LogP contribution in [-0.2, 0) is 10.1 Å². The molecule has 0 saturated carbocycles. The van der Waals surface area contributed by atoms with E-state index in [1.54, 1.807) is 0 Å². The van der Waals surface area contributed by atoms with Crippen LogP contribution in [0.15, 0.2) is 0 Å². The second-order valence-corrected chi connectivity index (χ2v) is 8.31. The molecule has 0 amide bonds. The van der Waals surface area contributed by atoms with Gasteiger partial charge in [0.15, 0.2) is 0 Å². The normalized spacial score (nSPS) is 12.8. The molecular weight excluding hydrogens is 335 g/mol. The number of aliphatic hydroxyl groups is 1. The smallest absolute Gasteiger partial charge is 0.748 e. The molecule has 0 heterocycles. The molecule has 0 aliphatic carbocycles. The van der Waals surface area contributed by atoms with Gasteiger partial charge in [0.2, 0.25) is 0 Å². The van der Waals surface area contributed by atoms with Crippen molar-refractivity contribution in [2.24, 2.45) is 0 Å². The summed E-state index contributed by atoms with van der Waals surface area (Å²) in [6.07, 6.45) is 16.6. The largest absolute Gasteiger partial charge is 1.00 e. The molecule has 1 atom stereocenters. The summed E-state index contributed by atoms with van der Waals surface area (Å²) in [5, 5.41) is 7.90. The Bertz CT molecular complexity index is 347. The van der Waals surface area contributed by atoms with Crippen LogP contribution in [0, 0.1) is 0 Å². The molecule has 0 aromatic rings. The Labute approximate surface area is 172 Å². The zero-order valence-corrected chi connectivity index (χ0v) is 18.8. The van der Waals surface area contributed by atoms with E-state index in [9.17, 15) is 13.0 Å². The van der Waals surface area contributed by atoms with E-state index in [0.717, 1.165) is 19.3 Å². The fourth-order valence-electron chi connectivity index (χ4n) is 2.97. The Morgan fingerprint density at radius 1 is 0.750 bits per heavy atom. The summed E-state index contributed by atoms with van der Waals surface area (Å²) in [4.78, 5) is 0. The van der Waals surface area contributed by atoms with Crippen molar-refractivity contribution in [3.63, 3.8) is 0 Å². The Morgan fingerprint density at radius 2 is 1.12 bits per heavy atom. The number of aliphatic hydroxyl groups excluding tert-OH is 1. The van der Waals surface area contributed by atoms with Crippen LogP contribution in [-0.4, -0.2) is 29.9 Å². The fourth-order valence-corrected chi connectivity index (χ4v) is 3.82. The van der Waals surface area contributed by atoms with Gasteiger partial charge >= 0.3 is 29.6 Å². The first-order chi connectivity index (χ1) is 11.0. The summed E-state index contributed by atoms with van der Waals surface area (Å²) >= 11 is 0. The molecule has 0 aromatic carbocycles. The van der Waals surface area contributed by atoms with Gasteiger partial charge in [-0.15, -0.1) is 0 Å². The van der Waals surface area contributed by atoms with Crippen molar-refractivity contribution in [1.29, 1.82) is 0 Å². The van der Waals surface area contributed by atoms with E-state index in [-0.39, 0.29) is 42.6 Å². The van der Waals surface area contributed by atoms with Gasteiger partial charge in [-0.1, -0.05) is 90.4 Å². The first kappa shape index (κ1) is 27.1. The predicted octanol–water partition coefficient (Wildman–Crippen LogP) is 1.77. The summed E-state index contributed by atoms with van der Waals surface area (Å²) in [6.45, 7) is 2.01. The van der Waals surface area contributed by atoms with Gasteiger partial charge in [0.1, 0.15) is 0 Å². The zero-order chi connectivity index (χ0) is 17.4. The van der Waals surface area contributed by atoms with Gasteiger partial charge < -0.3 is 9.66 Å². The van der Waals surface area contributed by atoms with Crippen LogP contribution in [0.3, 0.4) is 0 Å². The molecule has 0 radical (unpaired) electrons. The summed E-state index contributed by atoms with van der Waals surface area (Å²) in [5.41, 5.74) is 0. The maximum absolute atomic E-state index is 11.0. The van der Waals surface area contributed by atoms with Gasteiger partial charge in [-0.25, -0.2) is 8.42 Å². The molecular formula is C18H37NaO4S. The van der Waals surface area contributed by atoms with E-state index in [0.29, 0.717) is 6.42 Å². The quantitative estimate of drug-likeness (QED) is 0.240. The number of hydrogen-bond donors (Lipinski definition) is 1. The maximum Gasteiger partial charge on any atom is 1.00 e. The molecule has 0 fully saturated rings. The summed E-state index contributed by atoms with van der Waals surface area (Å²) in [7, 11) is -4.25. The van der Waals surface area contributed by atoms with Crippen molar-refractivity contribution >= 4 is 10.1 Å². The van der Waals surface area contributed by atoms with Gasteiger partial charge in [-0.05, 0) is 12.8 Å². The van der Waals surface area contributed by atoms with Gasteiger partial charge in [0, 0.05) is 6.61 Å². The molecule has 0 spiro atoms. The van der Waals surface area contributed by atoms with Gasteiger partial charge in [0.05, 0.1) is 15.4 Å². The topological polar surface area (TPSA) is 77.4 Å². The maximum atomic E-state index is 11.0. The van der Waals surface area contributed by atoms with Crippen LogP contribution in [0.5, 0.6) is 0 Å². The average Bonchev–Trinajstić information content (AvgIpc) is 2.49. The van der Waals surface area contributed by atoms with Crippen LogP contribution in [0.1, 0.15) is 103 Å². The fraction of sp³-hybridized carbons (Fsp3) is 1.00. The van der Waals surface area contributed by atoms with Gasteiger partial charge in [0.25, 0.3) is 0 Å². The second-order valence-electron chi connectivity index (χ2n) is 6.66. The van der Waals surface area contributed by atoms with Crippen LogP contribution >= 0.6 is 0 Å². The van der Waals surface area contributed by atoms with Gasteiger partial charge in [-0.3, -0.25) is 0 Å². The van der Waals surface area contributed by atoms with E-state index >= 15 is 0 Å². The summed E-state index contributed by atoms with van der Waals surface area (Å²) < 4.78 is 33.0. The number of rotatable bonds is 17. The minimum Gasteiger partial charge on any atom is -0.748 e. The third kappa shape index (κ3) is 17.7. The van der Waals surface area contributed by atoms with Crippen molar-refractivity contribution in [1.82, 2.24) is 0 Å². The van der Waals surface area contributed by atoms with Crippen LogP contribution < -0.4 is 29.6 Å². The number of unbranched alkanes of at least 4 members (excludes halogenated alkanes) is 12. The molecule has 6 heteroatoms. The first-order valence-corrected chi connectivity index (χ1v) is 11.0. The Hall–Kier alpha value is 0.870. The molecule has 0 aliphatic heterocycles. The third-order valence-corrected chi connectivity index (χ3v) is 5.78. The molecule has 4 nitrogen and oxygen atoms in total. The third-order valence-electron chi connectivity index (χ3n) is 4.49. The van der Waals surface area contributed by atoms with E-state index < -0.39 is 15.4 Å². The van der Waals surface area contributed by atoms with Crippen molar-refractivity contribution in [2.75, 3.05) is 6.61 Å². The Balaban J connectivity index is 0. The molecule has 0 bridgehead atoms. The van der Waals surface area contributed by atoms with Crippen molar-refractivity contribution in [3.8, 4) is 0 Å². The standard InChI is InChI=1S/C18H38O4S.Na/c1-2-3-4-5-6-7-8-9-10-11-12-13-14-15-18(16-17-19)23(20,21)22;/h18-19H,2-17H2,1H3,(H,20,21,22);/q;+1/p-1. The minimum absolute atomic E-state index is 0. The average molecular weight is 373 g/mol. The van der Waals surface area contributed by atoms with Crippen LogP contribution in [0.4, 0.5) is 0 Å². The van der Waals surface area contributed by atoms with E-state index in [2.05, 4.69) is 6.92 Å². The molecule has 140 valence electrons. The van der Waals surface area contributed by atoms with E-state index in [1.165, 1.54) is 64.2 Å². The molecule has 0 aromatic heterocycles. The Morgan fingerprint density at radius 3 is 1.46 bits per heavy atom. The summed E-state index contributed by atoms with van der Waals surface area (Å²) in [6, 6.07) is 0. The van der Waals surface area contributed by atoms with Crippen LogP contribution in [0.2, 0.25) is 0 Å².